The fourth-order valence-corrected chi connectivity index (χ4v) is 5.81. The molecule has 0 aliphatic carbocycles. The van der Waals surface area contributed by atoms with Gasteiger partial charge in [-0.2, -0.15) is 4.31 Å². The van der Waals surface area contributed by atoms with Crippen molar-refractivity contribution in [2.24, 2.45) is 0 Å². The van der Waals surface area contributed by atoms with Crippen LogP contribution in [0, 0.1) is 0 Å². The molecule has 0 spiro atoms. The summed E-state index contributed by atoms with van der Waals surface area (Å²) < 4.78 is 32.3. The third kappa shape index (κ3) is 4.36. The third-order valence-electron chi connectivity index (χ3n) is 6.30. The first-order valence-corrected chi connectivity index (χ1v) is 12.5. The molecule has 8 heteroatoms. The zero-order chi connectivity index (χ0) is 22.0. The highest BCUT2D eigenvalue weighted by Crippen LogP contribution is 2.23. The molecule has 0 radical (unpaired) electrons. The minimum absolute atomic E-state index is 0.248. The molecule has 3 heterocycles. The lowest BCUT2D eigenvalue weighted by Gasteiger charge is -2.35. The summed E-state index contributed by atoms with van der Waals surface area (Å²) in [5.74, 6) is 0.829. The van der Waals surface area contributed by atoms with Gasteiger partial charge in [-0.15, -0.1) is 0 Å². The monoisotopic (exact) mass is 452 g/mol. The number of anilines is 1. The van der Waals surface area contributed by atoms with E-state index in [1.807, 2.05) is 6.07 Å². The predicted octanol–water partition coefficient (Wildman–Crippen LogP) is 2.58. The van der Waals surface area contributed by atoms with Gasteiger partial charge in [0.1, 0.15) is 10.7 Å². The van der Waals surface area contributed by atoms with E-state index in [1.54, 1.807) is 6.07 Å². The van der Waals surface area contributed by atoms with E-state index in [2.05, 4.69) is 57.2 Å². The standard InChI is InChI=1S/C24H28N4O3S/c29-32(30,28-14-16-31-17-15-28)22-8-9-24(25-18-22)27-12-10-26(11-13-27)19-21-6-3-5-20-4-1-2-7-23(20)21/h1-9,18H,10-17,19H2. The summed E-state index contributed by atoms with van der Waals surface area (Å²) in [6, 6.07) is 18.5. The van der Waals surface area contributed by atoms with Crippen molar-refractivity contribution in [3.05, 3.63) is 66.4 Å². The molecule has 0 N–H and O–H groups in total. The van der Waals surface area contributed by atoms with Gasteiger partial charge in [-0.25, -0.2) is 13.4 Å². The molecular weight excluding hydrogens is 424 g/mol. The second kappa shape index (κ2) is 9.15. The van der Waals surface area contributed by atoms with E-state index < -0.39 is 10.0 Å². The van der Waals surface area contributed by atoms with Crippen molar-refractivity contribution in [3.8, 4) is 0 Å². The fraction of sp³-hybridized carbons (Fsp3) is 0.375. The molecule has 2 aliphatic rings. The largest absolute Gasteiger partial charge is 0.379 e. The van der Waals surface area contributed by atoms with Gasteiger partial charge >= 0.3 is 0 Å². The summed E-state index contributed by atoms with van der Waals surface area (Å²) >= 11 is 0. The Labute approximate surface area is 189 Å². The molecule has 0 unspecified atom stereocenters. The Balaban J connectivity index is 1.22. The highest BCUT2D eigenvalue weighted by atomic mass is 32.2. The minimum Gasteiger partial charge on any atom is -0.379 e. The number of piperazine rings is 1. The molecule has 2 fully saturated rings. The predicted molar refractivity (Wildman–Crippen MR) is 125 cm³/mol. The Hall–Kier alpha value is -2.52. The van der Waals surface area contributed by atoms with Gasteiger partial charge in [0, 0.05) is 52.0 Å². The molecule has 168 valence electrons. The van der Waals surface area contributed by atoms with Crippen LogP contribution in [0.15, 0.2) is 65.7 Å². The van der Waals surface area contributed by atoms with Crippen LogP contribution < -0.4 is 4.90 Å². The highest BCUT2D eigenvalue weighted by molar-refractivity contribution is 7.89. The number of rotatable bonds is 5. The number of pyridine rings is 1. The normalized spacial score (nSPS) is 18.8. The molecule has 3 aromatic rings. The van der Waals surface area contributed by atoms with Gasteiger partial charge in [-0.3, -0.25) is 4.90 Å². The Bertz CT molecular complexity index is 1160. The SMILES string of the molecule is O=S(=O)(c1ccc(N2CCN(Cc3cccc4ccccc34)CC2)nc1)N1CCOCC1. The van der Waals surface area contributed by atoms with Gasteiger partial charge in [0.05, 0.1) is 13.2 Å². The fourth-order valence-electron chi connectivity index (χ4n) is 4.45. The molecule has 7 nitrogen and oxygen atoms in total. The van der Waals surface area contributed by atoms with E-state index in [1.165, 1.54) is 26.8 Å². The van der Waals surface area contributed by atoms with Gasteiger partial charge in [-0.05, 0) is 28.5 Å². The first-order chi connectivity index (χ1) is 15.6. The van der Waals surface area contributed by atoms with Crippen LogP contribution in [0.3, 0.4) is 0 Å². The van der Waals surface area contributed by atoms with Crippen molar-refractivity contribution in [2.45, 2.75) is 11.4 Å². The van der Waals surface area contributed by atoms with Crippen molar-refractivity contribution in [2.75, 3.05) is 57.4 Å². The van der Waals surface area contributed by atoms with Crippen LogP contribution in [0.2, 0.25) is 0 Å². The van der Waals surface area contributed by atoms with Crippen LogP contribution in [0.1, 0.15) is 5.56 Å². The van der Waals surface area contributed by atoms with E-state index in [0.29, 0.717) is 26.3 Å². The maximum Gasteiger partial charge on any atom is 0.244 e. The molecular formula is C24H28N4O3S. The van der Waals surface area contributed by atoms with E-state index in [0.717, 1.165) is 38.5 Å². The highest BCUT2D eigenvalue weighted by Gasteiger charge is 2.27. The number of hydrogen-bond donors (Lipinski definition) is 0. The quantitative estimate of drug-likeness (QED) is 0.593. The Morgan fingerprint density at radius 3 is 2.34 bits per heavy atom. The molecule has 5 rings (SSSR count). The van der Waals surface area contributed by atoms with Crippen molar-refractivity contribution in [3.63, 3.8) is 0 Å². The summed E-state index contributed by atoms with van der Waals surface area (Å²) in [5, 5.41) is 2.59. The van der Waals surface area contributed by atoms with E-state index in [-0.39, 0.29) is 4.90 Å². The molecule has 2 saturated heterocycles. The van der Waals surface area contributed by atoms with Crippen molar-refractivity contribution in [1.82, 2.24) is 14.2 Å². The maximum absolute atomic E-state index is 12.8. The van der Waals surface area contributed by atoms with Gasteiger partial charge in [0.25, 0.3) is 0 Å². The zero-order valence-corrected chi connectivity index (χ0v) is 18.9. The average Bonchev–Trinajstić information content (AvgIpc) is 2.85. The number of aromatic nitrogens is 1. The number of hydrogen-bond acceptors (Lipinski definition) is 6. The van der Waals surface area contributed by atoms with Gasteiger partial charge in [0.15, 0.2) is 0 Å². The summed E-state index contributed by atoms with van der Waals surface area (Å²) in [6.07, 6.45) is 1.49. The van der Waals surface area contributed by atoms with Crippen molar-refractivity contribution in [1.29, 1.82) is 0 Å². The van der Waals surface area contributed by atoms with Crippen LogP contribution in [0.4, 0.5) is 5.82 Å². The van der Waals surface area contributed by atoms with Crippen LogP contribution in [-0.4, -0.2) is 75.1 Å². The number of benzene rings is 2. The van der Waals surface area contributed by atoms with E-state index in [4.69, 9.17) is 4.74 Å². The Kier molecular flexibility index (Phi) is 6.10. The molecule has 0 bridgehead atoms. The van der Waals surface area contributed by atoms with Crippen molar-refractivity contribution >= 4 is 26.6 Å². The Morgan fingerprint density at radius 1 is 0.844 bits per heavy atom. The lowest BCUT2D eigenvalue weighted by molar-refractivity contribution is 0.0730. The van der Waals surface area contributed by atoms with Crippen LogP contribution >= 0.6 is 0 Å². The van der Waals surface area contributed by atoms with Crippen molar-refractivity contribution < 1.29 is 13.2 Å². The topological polar surface area (TPSA) is 66.0 Å². The number of nitrogens with zero attached hydrogens (tertiary/aromatic N) is 4. The van der Waals surface area contributed by atoms with Gasteiger partial charge in [-0.1, -0.05) is 42.5 Å². The smallest absolute Gasteiger partial charge is 0.244 e. The molecule has 2 aromatic carbocycles. The van der Waals surface area contributed by atoms with Crippen LogP contribution in [-0.2, 0) is 21.3 Å². The first-order valence-electron chi connectivity index (χ1n) is 11.1. The average molecular weight is 453 g/mol. The minimum atomic E-state index is -3.51. The van der Waals surface area contributed by atoms with Gasteiger partial charge in [0.2, 0.25) is 10.0 Å². The Morgan fingerprint density at radius 2 is 1.59 bits per heavy atom. The maximum atomic E-state index is 12.8. The van der Waals surface area contributed by atoms with Gasteiger partial charge < -0.3 is 9.64 Å². The molecule has 32 heavy (non-hydrogen) atoms. The summed E-state index contributed by atoms with van der Waals surface area (Å²) in [4.78, 5) is 9.43. The van der Waals surface area contributed by atoms with E-state index in [9.17, 15) is 8.42 Å². The van der Waals surface area contributed by atoms with Crippen LogP contribution in [0.5, 0.6) is 0 Å². The number of morpholine rings is 1. The summed E-state index contributed by atoms with van der Waals surface area (Å²) in [6.45, 7) is 6.21. The molecule has 0 atom stereocenters. The number of sulfonamides is 1. The number of fused-ring (bicyclic) bond motifs is 1. The molecule has 0 saturated carbocycles. The summed E-state index contributed by atoms with van der Waals surface area (Å²) in [7, 11) is -3.51. The summed E-state index contributed by atoms with van der Waals surface area (Å²) in [5.41, 5.74) is 1.35. The van der Waals surface area contributed by atoms with Crippen LogP contribution in [0.25, 0.3) is 10.8 Å². The first kappa shape index (κ1) is 21.3. The molecule has 0 amide bonds. The zero-order valence-electron chi connectivity index (χ0n) is 18.1. The second-order valence-corrected chi connectivity index (χ2v) is 10.2. The lowest BCUT2D eigenvalue weighted by atomic mass is 10.0. The third-order valence-corrected chi connectivity index (χ3v) is 8.18. The number of ether oxygens (including phenoxy) is 1. The second-order valence-electron chi connectivity index (χ2n) is 8.27. The van der Waals surface area contributed by atoms with E-state index >= 15 is 0 Å². The molecule has 2 aliphatic heterocycles. The molecule has 1 aromatic heterocycles. The lowest BCUT2D eigenvalue weighted by Crippen LogP contribution is -2.46.